The molecule has 0 saturated heterocycles. The van der Waals surface area contributed by atoms with Gasteiger partial charge in [0.15, 0.2) is 0 Å². The summed E-state index contributed by atoms with van der Waals surface area (Å²) in [5, 5.41) is 9.19. The van der Waals surface area contributed by atoms with E-state index in [0.717, 1.165) is 23.0 Å². The van der Waals surface area contributed by atoms with Crippen molar-refractivity contribution in [3.8, 4) is 0 Å². The Labute approximate surface area is 121 Å². The van der Waals surface area contributed by atoms with Gasteiger partial charge in [-0.25, -0.2) is 0 Å². The minimum absolute atomic E-state index is 0.0788. The molecule has 0 aliphatic carbocycles. The molecule has 2 aromatic carbocycles. The number of aryl methyl sites for hydroxylation is 1. The van der Waals surface area contributed by atoms with Crippen LogP contribution in [0.1, 0.15) is 17.5 Å². The Morgan fingerprint density at radius 1 is 1.11 bits per heavy atom. The number of para-hydroxylation sites is 1. The number of aliphatic hydroxyl groups excluding tert-OH is 1. The fourth-order valence-corrected chi connectivity index (χ4v) is 3.29. The third kappa shape index (κ3) is 2.40. The maximum absolute atomic E-state index is 9.19. The Morgan fingerprint density at radius 2 is 1.95 bits per heavy atom. The van der Waals surface area contributed by atoms with Crippen LogP contribution in [0.2, 0.25) is 0 Å². The minimum Gasteiger partial charge on any atom is -0.392 e. The second-order valence-corrected chi connectivity index (χ2v) is 5.68. The molecule has 0 fully saturated rings. The van der Waals surface area contributed by atoms with Gasteiger partial charge in [0.25, 0.3) is 0 Å². The molecule has 1 aliphatic rings. The number of rotatable bonds is 2. The van der Waals surface area contributed by atoms with Crippen molar-refractivity contribution in [3.05, 3.63) is 58.1 Å². The van der Waals surface area contributed by atoms with Crippen LogP contribution in [0.5, 0.6) is 0 Å². The predicted molar refractivity (Wildman–Crippen MR) is 81.8 cm³/mol. The van der Waals surface area contributed by atoms with Crippen LogP contribution >= 0.6 is 15.9 Å². The number of hydrogen-bond donors (Lipinski definition) is 1. The number of anilines is 2. The summed E-state index contributed by atoms with van der Waals surface area (Å²) in [7, 11) is 0. The number of nitrogens with zero attached hydrogens (tertiary/aromatic N) is 1. The third-order valence-corrected chi connectivity index (χ3v) is 4.23. The molecule has 2 nitrogen and oxygen atoms in total. The Kier molecular flexibility index (Phi) is 3.58. The van der Waals surface area contributed by atoms with Crippen LogP contribution in [0.4, 0.5) is 11.4 Å². The SMILES string of the molecule is OCc1ccc(N2CCCc3ccccc32)c(Br)c1. The van der Waals surface area contributed by atoms with Crippen LogP contribution < -0.4 is 4.90 Å². The number of fused-ring (bicyclic) bond motifs is 1. The summed E-state index contributed by atoms with van der Waals surface area (Å²) >= 11 is 3.62. The van der Waals surface area contributed by atoms with Crippen molar-refractivity contribution in [2.24, 2.45) is 0 Å². The second-order valence-electron chi connectivity index (χ2n) is 4.83. The summed E-state index contributed by atoms with van der Waals surface area (Å²) in [4.78, 5) is 2.35. The number of hydrogen-bond acceptors (Lipinski definition) is 2. The molecule has 2 aromatic rings. The van der Waals surface area contributed by atoms with Crippen molar-refractivity contribution in [2.45, 2.75) is 19.4 Å². The maximum Gasteiger partial charge on any atom is 0.0682 e. The van der Waals surface area contributed by atoms with Crippen LogP contribution in [0.25, 0.3) is 0 Å². The van der Waals surface area contributed by atoms with Gasteiger partial charge in [-0.1, -0.05) is 24.3 Å². The molecule has 98 valence electrons. The molecule has 0 unspecified atom stereocenters. The first-order valence-corrected chi connectivity index (χ1v) is 7.33. The highest BCUT2D eigenvalue weighted by Gasteiger charge is 2.19. The highest BCUT2D eigenvalue weighted by Crippen LogP contribution is 2.37. The molecule has 0 radical (unpaired) electrons. The molecule has 0 spiro atoms. The van der Waals surface area contributed by atoms with E-state index in [-0.39, 0.29) is 6.61 Å². The number of benzene rings is 2. The molecule has 3 heteroatoms. The molecule has 0 atom stereocenters. The van der Waals surface area contributed by atoms with Crippen molar-refractivity contribution in [1.29, 1.82) is 0 Å². The molecule has 0 amide bonds. The van der Waals surface area contributed by atoms with E-state index in [0.29, 0.717) is 0 Å². The Morgan fingerprint density at radius 3 is 2.74 bits per heavy atom. The third-order valence-electron chi connectivity index (χ3n) is 3.60. The molecule has 1 heterocycles. The normalized spacial score (nSPS) is 14.3. The Hall–Kier alpha value is -1.32. The smallest absolute Gasteiger partial charge is 0.0682 e. The summed E-state index contributed by atoms with van der Waals surface area (Å²) in [5.41, 5.74) is 4.81. The minimum atomic E-state index is 0.0788. The van der Waals surface area contributed by atoms with Crippen LogP contribution in [0.15, 0.2) is 46.9 Å². The summed E-state index contributed by atoms with van der Waals surface area (Å²) in [6, 6.07) is 14.6. The molecular formula is C16H16BrNO. The van der Waals surface area contributed by atoms with E-state index in [1.807, 2.05) is 12.1 Å². The van der Waals surface area contributed by atoms with Gasteiger partial charge >= 0.3 is 0 Å². The van der Waals surface area contributed by atoms with E-state index in [2.05, 4.69) is 51.2 Å². The van der Waals surface area contributed by atoms with Crippen molar-refractivity contribution in [3.63, 3.8) is 0 Å². The van der Waals surface area contributed by atoms with Crippen LogP contribution in [0, 0.1) is 0 Å². The number of halogens is 1. The van der Waals surface area contributed by atoms with E-state index >= 15 is 0 Å². The molecule has 3 rings (SSSR count). The number of aliphatic hydroxyl groups is 1. The highest BCUT2D eigenvalue weighted by atomic mass is 79.9. The molecule has 19 heavy (non-hydrogen) atoms. The van der Waals surface area contributed by atoms with E-state index < -0.39 is 0 Å². The molecule has 1 N–H and O–H groups in total. The fourth-order valence-electron chi connectivity index (χ4n) is 2.65. The molecule has 0 saturated carbocycles. The van der Waals surface area contributed by atoms with Crippen LogP contribution in [0.3, 0.4) is 0 Å². The standard InChI is InChI=1S/C16H16BrNO/c17-14-10-12(11-19)7-8-16(14)18-9-3-5-13-4-1-2-6-15(13)18/h1-2,4,6-8,10,19H,3,5,9,11H2. The average Bonchev–Trinajstić information content (AvgIpc) is 2.46. The van der Waals surface area contributed by atoms with Gasteiger partial charge in [-0.3, -0.25) is 0 Å². The largest absolute Gasteiger partial charge is 0.392 e. The van der Waals surface area contributed by atoms with Crippen molar-refractivity contribution in [1.82, 2.24) is 0 Å². The monoisotopic (exact) mass is 317 g/mol. The van der Waals surface area contributed by atoms with Crippen molar-refractivity contribution >= 4 is 27.3 Å². The Balaban J connectivity index is 2.04. The first kappa shape index (κ1) is 12.7. The lowest BCUT2D eigenvalue weighted by atomic mass is 10.0. The maximum atomic E-state index is 9.19. The predicted octanol–water partition coefficient (Wildman–Crippen LogP) is 4.03. The van der Waals surface area contributed by atoms with E-state index in [1.165, 1.54) is 23.4 Å². The van der Waals surface area contributed by atoms with Gasteiger partial charge in [0.1, 0.15) is 0 Å². The molecular weight excluding hydrogens is 302 g/mol. The van der Waals surface area contributed by atoms with Gasteiger partial charge in [0, 0.05) is 16.7 Å². The van der Waals surface area contributed by atoms with Gasteiger partial charge in [-0.15, -0.1) is 0 Å². The molecule has 0 aromatic heterocycles. The van der Waals surface area contributed by atoms with E-state index in [9.17, 15) is 5.11 Å². The van der Waals surface area contributed by atoms with E-state index in [1.54, 1.807) is 0 Å². The van der Waals surface area contributed by atoms with Crippen molar-refractivity contribution in [2.75, 3.05) is 11.4 Å². The molecule has 0 bridgehead atoms. The lowest BCUT2D eigenvalue weighted by molar-refractivity contribution is 0.282. The van der Waals surface area contributed by atoms with Crippen LogP contribution in [-0.4, -0.2) is 11.7 Å². The summed E-state index contributed by atoms with van der Waals surface area (Å²) in [6.45, 7) is 1.11. The second kappa shape index (κ2) is 5.35. The average molecular weight is 318 g/mol. The highest BCUT2D eigenvalue weighted by molar-refractivity contribution is 9.10. The van der Waals surface area contributed by atoms with Gasteiger partial charge in [0.2, 0.25) is 0 Å². The first-order valence-electron chi connectivity index (χ1n) is 6.54. The topological polar surface area (TPSA) is 23.5 Å². The fraction of sp³-hybridized carbons (Fsp3) is 0.250. The summed E-state index contributed by atoms with van der Waals surface area (Å²) in [6.07, 6.45) is 2.32. The van der Waals surface area contributed by atoms with Crippen LogP contribution in [-0.2, 0) is 13.0 Å². The Bertz CT molecular complexity index is 597. The zero-order valence-corrected chi connectivity index (χ0v) is 12.2. The first-order chi connectivity index (χ1) is 9.29. The van der Waals surface area contributed by atoms with Crippen molar-refractivity contribution < 1.29 is 5.11 Å². The summed E-state index contributed by atoms with van der Waals surface area (Å²) < 4.78 is 1.04. The quantitative estimate of drug-likeness (QED) is 0.904. The molecule has 1 aliphatic heterocycles. The lowest BCUT2D eigenvalue weighted by Crippen LogP contribution is -2.24. The lowest BCUT2D eigenvalue weighted by Gasteiger charge is -2.32. The zero-order valence-electron chi connectivity index (χ0n) is 10.6. The zero-order chi connectivity index (χ0) is 13.2. The van der Waals surface area contributed by atoms with Gasteiger partial charge in [-0.2, -0.15) is 0 Å². The van der Waals surface area contributed by atoms with E-state index in [4.69, 9.17) is 0 Å². The van der Waals surface area contributed by atoms with Gasteiger partial charge < -0.3 is 10.0 Å². The van der Waals surface area contributed by atoms with Gasteiger partial charge in [0.05, 0.1) is 12.3 Å². The van der Waals surface area contributed by atoms with Gasteiger partial charge in [-0.05, 0) is 58.1 Å². The summed E-state index contributed by atoms with van der Waals surface area (Å²) in [5.74, 6) is 0.